The Kier molecular flexibility index (Phi) is 5.66. The minimum atomic E-state index is -0.528. The summed E-state index contributed by atoms with van der Waals surface area (Å²) in [5, 5.41) is 0. The summed E-state index contributed by atoms with van der Waals surface area (Å²) in [6, 6.07) is -0.528. The molecule has 0 spiro atoms. The van der Waals surface area contributed by atoms with Crippen LogP contribution in [-0.4, -0.2) is 25.9 Å². The van der Waals surface area contributed by atoms with Crippen molar-refractivity contribution in [2.75, 3.05) is 13.9 Å². The summed E-state index contributed by atoms with van der Waals surface area (Å²) in [5.41, 5.74) is 5.53. The number of methoxy groups -OCH3 is 1. The van der Waals surface area contributed by atoms with Gasteiger partial charge in [0.25, 0.3) is 0 Å². The molecule has 0 saturated heterocycles. The lowest BCUT2D eigenvalue weighted by Crippen LogP contribution is -2.33. The summed E-state index contributed by atoms with van der Waals surface area (Å²) < 4.78 is 9.24. The molecule has 4 heteroatoms. The van der Waals surface area contributed by atoms with Gasteiger partial charge in [-0.3, -0.25) is 4.79 Å². The molecule has 1 atom stereocenters. The van der Waals surface area contributed by atoms with E-state index >= 15 is 0 Å². The first-order chi connectivity index (χ1) is 5.57. The topological polar surface area (TPSA) is 61.5 Å². The highest BCUT2D eigenvalue weighted by molar-refractivity contribution is 5.75. The van der Waals surface area contributed by atoms with Crippen molar-refractivity contribution in [1.82, 2.24) is 0 Å². The average Bonchev–Trinajstić information content (AvgIpc) is 1.98. The van der Waals surface area contributed by atoms with Gasteiger partial charge in [0.2, 0.25) is 0 Å². The summed E-state index contributed by atoms with van der Waals surface area (Å²) >= 11 is 0. The van der Waals surface area contributed by atoms with Crippen LogP contribution in [0.25, 0.3) is 0 Å². The Labute approximate surface area is 73.0 Å². The normalized spacial score (nSPS) is 13.1. The van der Waals surface area contributed by atoms with Crippen LogP contribution in [0.3, 0.4) is 0 Å². The molecule has 0 aromatic heterocycles. The van der Waals surface area contributed by atoms with E-state index in [4.69, 9.17) is 5.73 Å². The predicted octanol–water partition coefficient (Wildman–Crippen LogP) is 0.507. The molecule has 0 aromatic carbocycles. The van der Waals surface area contributed by atoms with E-state index in [9.17, 15) is 4.79 Å². The number of esters is 1. The second-order valence-corrected chi connectivity index (χ2v) is 3.11. The Morgan fingerprint density at radius 3 is 2.50 bits per heavy atom. The van der Waals surface area contributed by atoms with E-state index in [2.05, 4.69) is 9.47 Å². The van der Waals surface area contributed by atoms with Crippen LogP contribution < -0.4 is 5.73 Å². The second kappa shape index (κ2) is 5.97. The number of hydrogen-bond donors (Lipinski definition) is 1. The predicted molar refractivity (Wildman–Crippen MR) is 45.4 cm³/mol. The molecule has 0 fully saturated rings. The van der Waals surface area contributed by atoms with Gasteiger partial charge in [-0.1, -0.05) is 13.8 Å². The molecule has 0 heterocycles. The Morgan fingerprint density at radius 2 is 2.08 bits per heavy atom. The first-order valence-electron chi connectivity index (χ1n) is 3.99. The molecule has 0 aliphatic heterocycles. The summed E-state index contributed by atoms with van der Waals surface area (Å²) in [6.45, 7) is 3.98. The molecule has 0 aromatic rings. The van der Waals surface area contributed by atoms with Crippen molar-refractivity contribution in [3.63, 3.8) is 0 Å². The van der Waals surface area contributed by atoms with E-state index in [-0.39, 0.29) is 6.79 Å². The maximum atomic E-state index is 11.0. The van der Waals surface area contributed by atoms with Gasteiger partial charge in [-0.15, -0.1) is 0 Å². The summed E-state index contributed by atoms with van der Waals surface area (Å²) in [6.07, 6.45) is 0.641. The fourth-order valence-electron chi connectivity index (χ4n) is 0.828. The van der Waals surface area contributed by atoms with Gasteiger partial charge in [-0.05, 0) is 12.3 Å². The minimum Gasteiger partial charge on any atom is -0.437 e. The van der Waals surface area contributed by atoms with Crippen LogP contribution in [0, 0.1) is 5.92 Å². The third-order valence-corrected chi connectivity index (χ3v) is 1.35. The zero-order valence-corrected chi connectivity index (χ0v) is 7.87. The Bertz CT molecular complexity index is 136. The Balaban J connectivity index is 3.61. The maximum absolute atomic E-state index is 11.0. The van der Waals surface area contributed by atoms with Crippen LogP contribution in [0.1, 0.15) is 20.3 Å². The Morgan fingerprint density at radius 1 is 1.50 bits per heavy atom. The van der Waals surface area contributed by atoms with Crippen LogP contribution in [-0.2, 0) is 14.3 Å². The van der Waals surface area contributed by atoms with Gasteiger partial charge in [0.15, 0.2) is 6.79 Å². The minimum absolute atomic E-state index is 0.0232. The van der Waals surface area contributed by atoms with E-state index in [1.54, 1.807) is 0 Å². The van der Waals surface area contributed by atoms with Gasteiger partial charge < -0.3 is 15.2 Å². The van der Waals surface area contributed by atoms with Crippen molar-refractivity contribution in [2.45, 2.75) is 26.3 Å². The number of hydrogen-bond acceptors (Lipinski definition) is 4. The van der Waals surface area contributed by atoms with E-state index < -0.39 is 12.0 Å². The van der Waals surface area contributed by atoms with Gasteiger partial charge in [-0.25, -0.2) is 0 Å². The van der Waals surface area contributed by atoms with Gasteiger partial charge in [0.1, 0.15) is 6.04 Å². The van der Waals surface area contributed by atoms with Crippen LogP contribution >= 0.6 is 0 Å². The standard InChI is InChI=1S/C8H17NO3/c1-6(2)4-7(9)8(10)12-5-11-3/h6-7H,4-5,9H2,1-3H3/t7-/m0/s1. The third kappa shape index (κ3) is 5.09. The van der Waals surface area contributed by atoms with Gasteiger partial charge in [-0.2, -0.15) is 0 Å². The molecule has 0 unspecified atom stereocenters. The molecule has 4 nitrogen and oxygen atoms in total. The number of carbonyl (C=O) groups is 1. The molecule has 0 amide bonds. The molecule has 0 rings (SSSR count). The zero-order chi connectivity index (χ0) is 9.56. The fraction of sp³-hybridized carbons (Fsp3) is 0.875. The molecule has 0 bridgehead atoms. The lowest BCUT2D eigenvalue weighted by Gasteiger charge is -2.12. The van der Waals surface area contributed by atoms with E-state index in [1.807, 2.05) is 13.8 Å². The van der Waals surface area contributed by atoms with Crippen LogP contribution in [0.2, 0.25) is 0 Å². The van der Waals surface area contributed by atoms with Crippen LogP contribution in [0.5, 0.6) is 0 Å². The average molecular weight is 175 g/mol. The molecule has 0 aliphatic carbocycles. The van der Waals surface area contributed by atoms with Crippen LogP contribution in [0.4, 0.5) is 0 Å². The van der Waals surface area contributed by atoms with E-state index in [0.29, 0.717) is 12.3 Å². The van der Waals surface area contributed by atoms with Gasteiger partial charge in [0, 0.05) is 7.11 Å². The van der Waals surface area contributed by atoms with Crippen molar-refractivity contribution < 1.29 is 14.3 Å². The number of carbonyl (C=O) groups excluding carboxylic acids is 1. The summed E-state index contributed by atoms with van der Waals surface area (Å²) in [5.74, 6) is 0.000597. The van der Waals surface area contributed by atoms with Crippen LogP contribution in [0.15, 0.2) is 0 Å². The van der Waals surface area contributed by atoms with Crippen molar-refractivity contribution in [2.24, 2.45) is 11.7 Å². The smallest absolute Gasteiger partial charge is 0.325 e. The first-order valence-corrected chi connectivity index (χ1v) is 3.99. The molecule has 2 N–H and O–H groups in total. The number of rotatable bonds is 5. The highest BCUT2D eigenvalue weighted by Crippen LogP contribution is 2.03. The van der Waals surface area contributed by atoms with Gasteiger partial charge in [0.05, 0.1) is 0 Å². The lowest BCUT2D eigenvalue weighted by molar-refractivity contribution is -0.156. The van der Waals surface area contributed by atoms with E-state index in [1.165, 1.54) is 7.11 Å². The zero-order valence-electron chi connectivity index (χ0n) is 7.87. The van der Waals surface area contributed by atoms with Crippen molar-refractivity contribution in [3.05, 3.63) is 0 Å². The first kappa shape index (κ1) is 11.4. The SMILES string of the molecule is COCOC(=O)[C@@H](N)CC(C)C. The van der Waals surface area contributed by atoms with Crippen molar-refractivity contribution in [3.8, 4) is 0 Å². The van der Waals surface area contributed by atoms with E-state index in [0.717, 1.165) is 0 Å². The lowest BCUT2D eigenvalue weighted by atomic mass is 10.1. The maximum Gasteiger partial charge on any atom is 0.325 e. The van der Waals surface area contributed by atoms with Gasteiger partial charge >= 0.3 is 5.97 Å². The highest BCUT2D eigenvalue weighted by atomic mass is 16.7. The molecular formula is C8H17NO3. The highest BCUT2D eigenvalue weighted by Gasteiger charge is 2.15. The largest absolute Gasteiger partial charge is 0.437 e. The monoisotopic (exact) mass is 175 g/mol. The van der Waals surface area contributed by atoms with Crippen molar-refractivity contribution in [1.29, 1.82) is 0 Å². The quantitative estimate of drug-likeness (QED) is 0.488. The van der Waals surface area contributed by atoms with Crippen molar-refractivity contribution >= 4 is 5.97 Å². The molecule has 12 heavy (non-hydrogen) atoms. The third-order valence-electron chi connectivity index (χ3n) is 1.35. The fourth-order valence-corrected chi connectivity index (χ4v) is 0.828. The summed E-state index contributed by atoms with van der Waals surface area (Å²) in [4.78, 5) is 11.0. The summed E-state index contributed by atoms with van der Waals surface area (Å²) in [7, 11) is 1.46. The molecule has 0 radical (unpaired) electrons. The molecule has 72 valence electrons. The molecule has 0 saturated carbocycles. The Hall–Kier alpha value is -0.610. The second-order valence-electron chi connectivity index (χ2n) is 3.11. The number of nitrogens with two attached hydrogens (primary N) is 1. The number of ether oxygens (including phenoxy) is 2. The molecule has 0 aliphatic rings. The molecular weight excluding hydrogens is 158 g/mol.